The van der Waals surface area contributed by atoms with Crippen molar-refractivity contribution >= 4 is 28.5 Å². The first kappa shape index (κ1) is 14.1. The lowest BCUT2D eigenvalue weighted by Crippen LogP contribution is -2.34. The Bertz CT molecular complexity index is 735. The first-order valence-electron chi connectivity index (χ1n) is 6.81. The molecule has 3 rings (SSSR count). The Morgan fingerprint density at radius 2 is 2.29 bits per heavy atom. The zero-order valence-corrected chi connectivity index (χ0v) is 12.1. The van der Waals surface area contributed by atoms with Gasteiger partial charge in [0.2, 0.25) is 5.55 Å². The summed E-state index contributed by atoms with van der Waals surface area (Å²) in [6.07, 6.45) is 2.04. The van der Waals surface area contributed by atoms with Gasteiger partial charge in [-0.25, -0.2) is 0 Å². The van der Waals surface area contributed by atoms with Crippen molar-refractivity contribution in [3.8, 4) is 0 Å². The van der Waals surface area contributed by atoms with Crippen LogP contribution < -0.4 is 10.9 Å². The first-order valence-corrected chi connectivity index (χ1v) is 7.19. The summed E-state index contributed by atoms with van der Waals surface area (Å²) in [6.45, 7) is 1.19. The van der Waals surface area contributed by atoms with Crippen LogP contribution in [0.3, 0.4) is 0 Å². The fourth-order valence-corrected chi connectivity index (χ4v) is 2.57. The van der Waals surface area contributed by atoms with Crippen molar-refractivity contribution in [2.45, 2.75) is 18.9 Å². The van der Waals surface area contributed by atoms with Gasteiger partial charge in [0, 0.05) is 23.6 Å². The maximum absolute atomic E-state index is 12.2. The van der Waals surface area contributed by atoms with E-state index in [1.807, 2.05) is 0 Å². The summed E-state index contributed by atoms with van der Waals surface area (Å²) in [6, 6.07) is 6.70. The maximum Gasteiger partial charge on any atom is 0.256 e. The second-order valence-corrected chi connectivity index (χ2v) is 5.45. The van der Waals surface area contributed by atoms with E-state index in [1.165, 1.54) is 0 Å². The van der Waals surface area contributed by atoms with Gasteiger partial charge in [0.15, 0.2) is 0 Å². The van der Waals surface area contributed by atoms with Crippen LogP contribution in [-0.2, 0) is 4.74 Å². The van der Waals surface area contributed by atoms with Crippen LogP contribution in [0.25, 0.3) is 11.0 Å². The van der Waals surface area contributed by atoms with Crippen LogP contribution in [0.5, 0.6) is 0 Å². The summed E-state index contributed by atoms with van der Waals surface area (Å²) in [5.74, 6) is -0.332. The van der Waals surface area contributed by atoms with Crippen LogP contribution in [0.2, 0.25) is 5.02 Å². The van der Waals surface area contributed by atoms with E-state index in [2.05, 4.69) is 5.32 Å². The Kier molecular flexibility index (Phi) is 3.94. The van der Waals surface area contributed by atoms with Gasteiger partial charge in [-0.15, -0.1) is 0 Å². The largest absolute Gasteiger partial charge is 0.438 e. The van der Waals surface area contributed by atoms with Crippen LogP contribution in [0, 0.1) is 5.41 Å². The summed E-state index contributed by atoms with van der Waals surface area (Å²) in [5, 5.41) is 11.9. The summed E-state index contributed by atoms with van der Waals surface area (Å²) < 4.78 is 10.8. The van der Waals surface area contributed by atoms with Crippen LogP contribution in [-0.4, -0.2) is 25.2 Å². The van der Waals surface area contributed by atoms with E-state index < -0.39 is 0 Å². The van der Waals surface area contributed by atoms with Gasteiger partial charge in [0.1, 0.15) is 11.1 Å². The highest BCUT2D eigenvalue weighted by Gasteiger charge is 2.18. The maximum atomic E-state index is 12.2. The number of ether oxygens (including phenoxy) is 1. The third-order valence-electron chi connectivity index (χ3n) is 3.49. The molecular weight excluding hydrogens is 292 g/mol. The third-order valence-corrected chi connectivity index (χ3v) is 3.72. The summed E-state index contributed by atoms with van der Waals surface area (Å²) >= 11 is 5.93. The van der Waals surface area contributed by atoms with Crippen molar-refractivity contribution in [2.75, 3.05) is 13.2 Å². The van der Waals surface area contributed by atoms with Gasteiger partial charge in [-0.3, -0.25) is 10.2 Å². The Morgan fingerprint density at radius 1 is 1.43 bits per heavy atom. The van der Waals surface area contributed by atoms with Crippen LogP contribution in [0.1, 0.15) is 23.2 Å². The van der Waals surface area contributed by atoms with E-state index in [0.717, 1.165) is 19.4 Å². The quantitative estimate of drug-likeness (QED) is 0.914. The highest BCUT2D eigenvalue weighted by molar-refractivity contribution is 6.31. The van der Waals surface area contributed by atoms with Crippen LogP contribution in [0.15, 0.2) is 28.7 Å². The molecule has 0 saturated carbocycles. The second-order valence-electron chi connectivity index (χ2n) is 5.02. The predicted molar refractivity (Wildman–Crippen MR) is 78.4 cm³/mol. The lowest BCUT2D eigenvalue weighted by molar-refractivity contribution is 0.0854. The molecule has 1 aliphatic rings. The first-order chi connectivity index (χ1) is 10.1. The molecule has 0 aliphatic carbocycles. The average Bonchev–Trinajstić information content (AvgIpc) is 2.98. The van der Waals surface area contributed by atoms with E-state index in [0.29, 0.717) is 22.5 Å². The van der Waals surface area contributed by atoms with E-state index in [1.54, 1.807) is 24.3 Å². The molecule has 1 atom stereocenters. The second kappa shape index (κ2) is 5.87. The zero-order chi connectivity index (χ0) is 14.8. The monoisotopic (exact) mass is 306 g/mol. The number of halogens is 1. The highest BCUT2D eigenvalue weighted by atomic mass is 35.5. The van der Waals surface area contributed by atoms with Gasteiger partial charge < -0.3 is 14.5 Å². The van der Waals surface area contributed by atoms with E-state index >= 15 is 0 Å². The number of amides is 1. The molecule has 5 nitrogen and oxygen atoms in total. The molecule has 1 amide bonds. The molecule has 21 heavy (non-hydrogen) atoms. The molecule has 1 saturated heterocycles. The fraction of sp³-hybridized carbons (Fsp3) is 0.333. The summed E-state index contributed by atoms with van der Waals surface area (Å²) in [5.41, 5.74) is 0.567. The molecule has 6 heteroatoms. The van der Waals surface area contributed by atoms with Crippen LogP contribution >= 0.6 is 11.6 Å². The van der Waals surface area contributed by atoms with Gasteiger partial charge in [-0.05, 0) is 37.1 Å². The third kappa shape index (κ3) is 3.09. The number of hydrogen-bond acceptors (Lipinski definition) is 4. The van der Waals surface area contributed by atoms with Gasteiger partial charge in [-0.2, -0.15) is 0 Å². The van der Waals surface area contributed by atoms with Crippen molar-refractivity contribution in [2.24, 2.45) is 0 Å². The molecule has 110 valence electrons. The van der Waals surface area contributed by atoms with Crippen molar-refractivity contribution in [3.63, 3.8) is 0 Å². The Labute approximate surface area is 126 Å². The van der Waals surface area contributed by atoms with Crippen molar-refractivity contribution < 1.29 is 13.9 Å². The predicted octanol–water partition coefficient (Wildman–Crippen LogP) is 2.47. The smallest absolute Gasteiger partial charge is 0.256 e. The average molecular weight is 307 g/mol. The van der Waals surface area contributed by atoms with Crippen molar-refractivity contribution in [1.82, 2.24) is 5.32 Å². The Morgan fingerprint density at radius 3 is 3.05 bits per heavy atom. The van der Waals surface area contributed by atoms with Crippen LogP contribution in [0.4, 0.5) is 0 Å². The van der Waals surface area contributed by atoms with Gasteiger partial charge in [-0.1, -0.05) is 11.6 Å². The van der Waals surface area contributed by atoms with Gasteiger partial charge in [0.25, 0.3) is 5.91 Å². The molecule has 2 heterocycles. The topological polar surface area (TPSA) is 75.3 Å². The number of rotatable bonds is 3. The number of carbonyl (C=O) groups excluding carboxylic acids is 1. The standard InChI is InChI=1S/C15H15ClN2O3/c16-10-3-4-13-9(6-10)7-12(14(17)21-13)15(19)18-8-11-2-1-5-20-11/h3-4,6-7,11,17H,1-2,5,8H2,(H,18,19)/t11-/m1/s1. The summed E-state index contributed by atoms with van der Waals surface area (Å²) in [4.78, 5) is 12.2. The highest BCUT2D eigenvalue weighted by Crippen LogP contribution is 2.19. The van der Waals surface area contributed by atoms with E-state index in [9.17, 15) is 4.79 Å². The fourth-order valence-electron chi connectivity index (χ4n) is 2.39. The Hall–Kier alpha value is -1.85. The molecule has 0 spiro atoms. The minimum atomic E-state index is -0.332. The number of carbonyl (C=O) groups is 1. The number of benzene rings is 1. The molecule has 0 radical (unpaired) electrons. The van der Waals surface area contributed by atoms with E-state index in [4.69, 9.17) is 26.2 Å². The summed E-state index contributed by atoms with van der Waals surface area (Å²) in [7, 11) is 0. The number of hydrogen-bond donors (Lipinski definition) is 2. The van der Waals surface area contributed by atoms with Gasteiger partial charge >= 0.3 is 0 Å². The number of fused-ring (bicyclic) bond motifs is 1. The van der Waals surface area contributed by atoms with Crippen molar-refractivity contribution in [3.05, 3.63) is 40.4 Å². The lowest BCUT2D eigenvalue weighted by Gasteiger charge is -2.10. The molecule has 1 aliphatic heterocycles. The zero-order valence-electron chi connectivity index (χ0n) is 11.3. The van der Waals surface area contributed by atoms with E-state index in [-0.39, 0.29) is 23.1 Å². The minimum Gasteiger partial charge on any atom is -0.438 e. The molecule has 1 aromatic heterocycles. The Balaban J connectivity index is 1.83. The van der Waals surface area contributed by atoms with Gasteiger partial charge in [0.05, 0.1) is 6.10 Å². The minimum absolute atomic E-state index is 0.0648. The molecule has 2 N–H and O–H groups in total. The molecule has 2 aromatic rings. The van der Waals surface area contributed by atoms with Crippen molar-refractivity contribution in [1.29, 1.82) is 5.41 Å². The molecular formula is C15H15ClN2O3. The normalized spacial score (nSPS) is 18.0. The SMILES string of the molecule is N=c1oc2ccc(Cl)cc2cc1C(=O)NC[C@H]1CCCO1. The molecule has 1 aromatic carbocycles. The number of nitrogens with one attached hydrogen (secondary N) is 2. The molecule has 1 fully saturated rings. The molecule has 0 bridgehead atoms. The molecule has 0 unspecified atom stereocenters. The lowest BCUT2D eigenvalue weighted by atomic mass is 10.1.